The molecule has 4 heteroatoms. The Morgan fingerprint density at radius 3 is 2.57 bits per heavy atom. The van der Waals surface area contributed by atoms with Gasteiger partial charge in [-0.15, -0.1) is 0 Å². The van der Waals surface area contributed by atoms with Crippen molar-refractivity contribution in [2.45, 2.75) is 20.4 Å². The van der Waals surface area contributed by atoms with E-state index in [1.165, 1.54) is 5.56 Å². The van der Waals surface area contributed by atoms with Crippen LogP contribution >= 0.6 is 0 Å². The maximum atomic E-state index is 12.0. The zero-order chi connectivity index (χ0) is 15.2. The Balaban J connectivity index is 2.15. The molecule has 0 aliphatic heterocycles. The molecule has 0 fully saturated rings. The van der Waals surface area contributed by atoms with Crippen molar-refractivity contribution in [3.63, 3.8) is 0 Å². The molecular weight excluding hydrogens is 264 g/mol. The van der Waals surface area contributed by atoms with Gasteiger partial charge in [0.25, 0.3) is 0 Å². The summed E-state index contributed by atoms with van der Waals surface area (Å²) >= 11 is 0. The van der Waals surface area contributed by atoms with Gasteiger partial charge in [0, 0.05) is 17.9 Å². The van der Waals surface area contributed by atoms with Gasteiger partial charge in [-0.3, -0.25) is 0 Å². The second-order valence-electron chi connectivity index (χ2n) is 4.86. The fourth-order valence-corrected chi connectivity index (χ4v) is 2.00. The molecule has 0 atom stereocenters. The lowest BCUT2D eigenvalue weighted by atomic mass is 10.1. The van der Waals surface area contributed by atoms with Crippen LogP contribution < -0.4 is 11.1 Å². The minimum absolute atomic E-state index is 0.338. The van der Waals surface area contributed by atoms with Crippen molar-refractivity contribution < 1.29 is 9.53 Å². The van der Waals surface area contributed by atoms with E-state index >= 15 is 0 Å². The van der Waals surface area contributed by atoms with E-state index in [0.29, 0.717) is 24.4 Å². The molecule has 0 amide bonds. The van der Waals surface area contributed by atoms with Gasteiger partial charge < -0.3 is 15.8 Å². The van der Waals surface area contributed by atoms with Crippen LogP contribution in [0, 0.1) is 6.92 Å². The number of esters is 1. The Hall–Kier alpha value is -2.49. The number of hydrogen-bond donors (Lipinski definition) is 2. The lowest BCUT2D eigenvalue weighted by Crippen LogP contribution is -2.10. The Kier molecular flexibility index (Phi) is 4.82. The molecule has 4 nitrogen and oxygen atoms in total. The van der Waals surface area contributed by atoms with Gasteiger partial charge >= 0.3 is 5.97 Å². The molecule has 0 spiro atoms. The summed E-state index contributed by atoms with van der Waals surface area (Å²) < 4.78 is 5.06. The molecule has 0 saturated heterocycles. The predicted octanol–water partition coefficient (Wildman–Crippen LogP) is 3.37. The summed E-state index contributed by atoms with van der Waals surface area (Å²) in [5.41, 5.74) is 9.84. The monoisotopic (exact) mass is 284 g/mol. The number of nitrogens with two attached hydrogens (primary N) is 1. The minimum atomic E-state index is -0.365. The molecule has 21 heavy (non-hydrogen) atoms. The largest absolute Gasteiger partial charge is 0.462 e. The molecule has 0 saturated carbocycles. The highest BCUT2D eigenvalue weighted by Gasteiger charge is 2.12. The molecule has 0 radical (unpaired) electrons. The van der Waals surface area contributed by atoms with Crippen LogP contribution in [0.15, 0.2) is 42.5 Å². The van der Waals surface area contributed by atoms with E-state index in [1.54, 1.807) is 25.1 Å². The maximum Gasteiger partial charge on any atom is 0.340 e. The van der Waals surface area contributed by atoms with E-state index in [4.69, 9.17) is 10.5 Å². The molecule has 2 aromatic carbocycles. The van der Waals surface area contributed by atoms with Crippen molar-refractivity contribution >= 4 is 17.3 Å². The lowest BCUT2D eigenvalue weighted by Gasteiger charge is -2.12. The van der Waals surface area contributed by atoms with Crippen LogP contribution in [0.2, 0.25) is 0 Å². The van der Waals surface area contributed by atoms with Crippen molar-refractivity contribution in [1.29, 1.82) is 0 Å². The SMILES string of the molecule is CCOC(=O)c1cc(N)ccc1NCc1ccc(C)cc1. The molecule has 3 N–H and O–H groups in total. The van der Waals surface area contributed by atoms with Gasteiger partial charge in [0.15, 0.2) is 0 Å². The van der Waals surface area contributed by atoms with Gasteiger partial charge in [-0.2, -0.15) is 0 Å². The van der Waals surface area contributed by atoms with Crippen LogP contribution in [-0.4, -0.2) is 12.6 Å². The minimum Gasteiger partial charge on any atom is -0.462 e. The first-order valence-corrected chi connectivity index (χ1v) is 6.96. The van der Waals surface area contributed by atoms with Crippen LogP contribution in [-0.2, 0) is 11.3 Å². The van der Waals surface area contributed by atoms with E-state index in [-0.39, 0.29) is 5.97 Å². The van der Waals surface area contributed by atoms with Gasteiger partial charge in [-0.05, 0) is 37.6 Å². The van der Waals surface area contributed by atoms with E-state index in [1.807, 2.05) is 0 Å². The fraction of sp³-hybridized carbons (Fsp3) is 0.235. The lowest BCUT2D eigenvalue weighted by molar-refractivity contribution is 0.0527. The first-order chi connectivity index (χ1) is 10.1. The number of carbonyl (C=O) groups excluding carboxylic acids is 1. The fourth-order valence-electron chi connectivity index (χ4n) is 2.00. The van der Waals surface area contributed by atoms with Crippen molar-refractivity contribution in [1.82, 2.24) is 0 Å². The first kappa shape index (κ1) is 14.9. The van der Waals surface area contributed by atoms with Crippen molar-refractivity contribution in [2.75, 3.05) is 17.7 Å². The molecule has 0 unspecified atom stereocenters. The number of nitrogen functional groups attached to an aromatic ring is 1. The van der Waals surface area contributed by atoms with Gasteiger partial charge in [0.2, 0.25) is 0 Å². The molecule has 0 heterocycles. The Morgan fingerprint density at radius 1 is 1.19 bits per heavy atom. The molecule has 2 rings (SSSR count). The molecule has 0 bridgehead atoms. The van der Waals surface area contributed by atoms with Crippen LogP contribution in [0.3, 0.4) is 0 Å². The van der Waals surface area contributed by atoms with Gasteiger partial charge in [-0.25, -0.2) is 4.79 Å². The van der Waals surface area contributed by atoms with Crippen molar-refractivity contribution in [3.8, 4) is 0 Å². The zero-order valence-corrected chi connectivity index (χ0v) is 12.3. The van der Waals surface area contributed by atoms with Gasteiger partial charge in [-0.1, -0.05) is 29.8 Å². The number of aryl methyl sites for hydroxylation is 1. The molecule has 0 aliphatic rings. The normalized spacial score (nSPS) is 10.2. The summed E-state index contributed by atoms with van der Waals surface area (Å²) in [7, 11) is 0. The molecular formula is C17H20N2O2. The van der Waals surface area contributed by atoms with Crippen LogP contribution in [0.1, 0.15) is 28.4 Å². The summed E-state index contributed by atoms with van der Waals surface area (Å²) in [6.07, 6.45) is 0. The standard InChI is InChI=1S/C17H20N2O2/c1-3-21-17(20)15-10-14(18)8-9-16(15)19-11-13-6-4-12(2)5-7-13/h4-10,19H,3,11,18H2,1-2H3. The van der Waals surface area contributed by atoms with E-state index in [0.717, 1.165) is 11.3 Å². The zero-order valence-electron chi connectivity index (χ0n) is 12.3. The van der Waals surface area contributed by atoms with Crippen LogP contribution in [0.25, 0.3) is 0 Å². The third kappa shape index (κ3) is 3.99. The van der Waals surface area contributed by atoms with Gasteiger partial charge in [0.05, 0.1) is 12.2 Å². The number of ether oxygens (including phenoxy) is 1. The first-order valence-electron chi connectivity index (χ1n) is 6.96. The second kappa shape index (κ2) is 6.79. The summed E-state index contributed by atoms with van der Waals surface area (Å²) in [4.78, 5) is 12.0. The molecule has 0 aromatic heterocycles. The average molecular weight is 284 g/mol. The van der Waals surface area contributed by atoms with Crippen LogP contribution in [0.5, 0.6) is 0 Å². The number of benzene rings is 2. The molecule has 2 aromatic rings. The maximum absolute atomic E-state index is 12.0. The molecule has 110 valence electrons. The Bertz CT molecular complexity index is 621. The number of hydrogen-bond acceptors (Lipinski definition) is 4. The third-order valence-electron chi connectivity index (χ3n) is 3.14. The van der Waals surface area contributed by atoms with Crippen molar-refractivity contribution in [2.24, 2.45) is 0 Å². The topological polar surface area (TPSA) is 64.3 Å². The number of rotatable bonds is 5. The Labute approximate surface area is 124 Å². The molecule has 0 aliphatic carbocycles. The predicted molar refractivity (Wildman–Crippen MR) is 85.3 cm³/mol. The van der Waals surface area contributed by atoms with Gasteiger partial charge in [0.1, 0.15) is 0 Å². The summed E-state index contributed by atoms with van der Waals surface area (Å²) in [5, 5.41) is 3.26. The van der Waals surface area contributed by atoms with E-state index < -0.39 is 0 Å². The summed E-state index contributed by atoms with van der Waals surface area (Å²) in [5.74, 6) is -0.365. The number of carbonyl (C=O) groups is 1. The summed E-state index contributed by atoms with van der Waals surface area (Å²) in [6.45, 7) is 4.81. The second-order valence-corrected chi connectivity index (χ2v) is 4.86. The quantitative estimate of drug-likeness (QED) is 0.652. The summed E-state index contributed by atoms with van der Waals surface area (Å²) in [6, 6.07) is 13.4. The number of nitrogens with one attached hydrogen (secondary N) is 1. The van der Waals surface area contributed by atoms with Crippen molar-refractivity contribution in [3.05, 3.63) is 59.2 Å². The smallest absolute Gasteiger partial charge is 0.340 e. The highest BCUT2D eigenvalue weighted by atomic mass is 16.5. The van der Waals surface area contributed by atoms with Crippen LogP contribution in [0.4, 0.5) is 11.4 Å². The van der Waals surface area contributed by atoms with E-state index in [9.17, 15) is 4.79 Å². The Morgan fingerprint density at radius 2 is 1.90 bits per heavy atom. The van der Waals surface area contributed by atoms with E-state index in [2.05, 4.69) is 36.5 Å². The highest BCUT2D eigenvalue weighted by molar-refractivity contribution is 5.96. The third-order valence-corrected chi connectivity index (χ3v) is 3.14. The highest BCUT2D eigenvalue weighted by Crippen LogP contribution is 2.21. The average Bonchev–Trinajstić information content (AvgIpc) is 2.48. The number of anilines is 2.